The smallest absolute Gasteiger partial charge is 0.324 e. The number of rotatable bonds is 4. The Kier molecular flexibility index (Phi) is 3.86. The van der Waals surface area contributed by atoms with Crippen molar-refractivity contribution in [3.05, 3.63) is 60.3 Å². The molecule has 3 aromatic rings. The van der Waals surface area contributed by atoms with Gasteiger partial charge in [0.05, 0.1) is 12.5 Å². The van der Waals surface area contributed by atoms with Gasteiger partial charge in [0.2, 0.25) is 0 Å². The van der Waals surface area contributed by atoms with Crippen molar-refractivity contribution in [2.75, 3.05) is 10.6 Å². The number of H-pyrrole nitrogens is 1. The van der Waals surface area contributed by atoms with Crippen LogP contribution in [-0.4, -0.2) is 25.8 Å². The van der Waals surface area contributed by atoms with Crippen molar-refractivity contribution in [1.29, 1.82) is 0 Å². The summed E-state index contributed by atoms with van der Waals surface area (Å²) in [5.74, 6) is 0.592. The number of imidazole rings is 1. The van der Waals surface area contributed by atoms with Crippen LogP contribution < -0.4 is 10.6 Å². The van der Waals surface area contributed by atoms with E-state index in [1.807, 2.05) is 42.0 Å². The van der Waals surface area contributed by atoms with Crippen molar-refractivity contribution in [3.63, 3.8) is 0 Å². The van der Waals surface area contributed by atoms with Crippen molar-refractivity contribution in [2.45, 2.75) is 13.5 Å². The summed E-state index contributed by atoms with van der Waals surface area (Å²) in [6.07, 6.45) is 7.08. The van der Waals surface area contributed by atoms with Crippen LogP contribution in [0.3, 0.4) is 0 Å². The summed E-state index contributed by atoms with van der Waals surface area (Å²) in [7, 11) is 0. The molecule has 7 heteroatoms. The van der Waals surface area contributed by atoms with Gasteiger partial charge >= 0.3 is 6.03 Å². The lowest BCUT2D eigenvalue weighted by molar-refractivity contribution is 0.262. The van der Waals surface area contributed by atoms with Crippen LogP contribution in [0.1, 0.15) is 11.1 Å². The molecule has 1 aromatic carbocycles. The van der Waals surface area contributed by atoms with Crippen LogP contribution in [0.4, 0.5) is 16.3 Å². The van der Waals surface area contributed by atoms with Gasteiger partial charge in [-0.15, -0.1) is 0 Å². The van der Waals surface area contributed by atoms with E-state index in [4.69, 9.17) is 0 Å². The van der Waals surface area contributed by atoms with Crippen LogP contribution in [0.2, 0.25) is 0 Å². The Balaban J connectivity index is 1.58. The molecule has 7 nitrogen and oxygen atoms in total. The fourth-order valence-electron chi connectivity index (χ4n) is 2.03. The van der Waals surface area contributed by atoms with Gasteiger partial charge in [-0.2, -0.15) is 5.10 Å². The van der Waals surface area contributed by atoms with E-state index in [0.29, 0.717) is 5.82 Å². The van der Waals surface area contributed by atoms with Crippen LogP contribution in [-0.2, 0) is 6.54 Å². The van der Waals surface area contributed by atoms with Gasteiger partial charge in [0.1, 0.15) is 5.82 Å². The summed E-state index contributed by atoms with van der Waals surface area (Å²) in [5, 5.41) is 12.1. The molecule has 0 unspecified atom stereocenters. The minimum absolute atomic E-state index is 0.310. The number of hydrogen-bond donors (Lipinski definition) is 3. The number of urea groups is 1. The highest BCUT2D eigenvalue weighted by molar-refractivity contribution is 5.99. The predicted octanol–water partition coefficient (Wildman–Crippen LogP) is 2.61. The number of nitrogens with zero attached hydrogens (tertiary/aromatic N) is 3. The van der Waals surface area contributed by atoms with E-state index in [1.165, 1.54) is 0 Å². The summed E-state index contributed by atoms with van der Waals surface area (Å²) in [4.78, 5) is 15.9. The number of aryl methyl sites for hydroxylation is 1. The van der Waals surface area contributed by atoms with E-state index in [0.717, 1.165) is 23.4 Å². The molecule has 3 rings (SSSR count). The number of amides is 2. The average Bonchev–Trinajstić information content (AvgIpc) is 3.14. The van der Waals surface area contributed by atoms with Gasteiger partial charge in [0, 0.05) is 30.2 Å². The Hall–Kier alpha value is -3.09. The second kappa shape index (κ2) is 6.13. The number of aromatic amines is 1. The molecule has 0 radical (unpaired) electrons. The average molecular weight is 296 g/mol. The fourth-order valence-corrected chi connectivity index (χ4v) is 2.03. The SMILES string of the molecule is Cc1cn[nH]c1NC(=O)Nc1ccc(Cn2ccnc2)cc1. The molecule has 0 aliphatic rings. The second-order valence-electron chi connectivity index (χ2n) is 4.94. The molecule has 3 N–H and O–H groups in total. The molecule has 0 aliphatic heterocycles. The van der Waals surface area contributed by atoms with Gasteiger partial charge in [0.25, 0.3) is 0 Å². The third-order valence-electron chi connectivity index (χ3n) is 3.20. The van der Waals surface area contributed by atoms with Gasteiger partial charge in [-0.25, -0.2) is 9.78 Å². The highest BCUT2D eigenvalue weighted by atomic mass is 16.2. The summed E-state index contributed by atoms with van der Waals surface area (Å²) in [6.45, 7) is 2.61. The van der Waals surface area contributed by atoms with Crippen LogP contribution in [0.25, 0.3) is 0 Å². The topological polar surface area (TPSA) is 87.6 Å². The van der Waals surface area contributed by atoms with Crippen molar-refractivity contribution in [2.24, 2.45) is 0 Å². The Morgan fingerprint density at radius 3 is 2.73 bits per heavy atom. The van der Waals surface area contributed by atoms with Crippen molar-refractivity contribution < 1.29 is 4.79 Å². The minimum atomic E-state index is -0.310. The van der Waals surface area contributed by atoms with E-state index < -0.39 is 0 Å². The van der Waals surface area contributed by atoms with Crippen LogP contribution in [0.15, 0.2) is 49.2 Å². The molecule has 0 spiro atoms. The molecule has 2 amide bonds. The number of carbonyl (C=O) groups excluding carboxylic acids is 1. The van der Waals surface area contributed by atoms with Crippen molar-refractivity contribution in [1.82, 2.24) is 19.7 Å². The Bertz CT molecular complexity index is 745. The van der Waals surface area contributed by atoms with E-state index >= 15 is 0 Å². The highest BCUT2D eigenvalue weighted by Crippen LogP contribution is 2.12. The molecule has 22 heavy (non-hydrogen) atoms. The first kappa shape index (κ1) is 13.9. The molecule has 0 saturated heterocycles. The summed E-state index contributed by atoms with van der Waals surface area (Å²) >= 11 is 0. The second-order valence-corrected chi connectivity index (χ2v) is 4.94. The molecule has 2 heterocycles. The van der Waals surface area contributed by atoms with Gasteiger partial charge in [-0.05, 0) is 24.6 Å². The van der Waals surface area contributed by atoms with Gasteiger partial charge < -0.3 is 9.88 Å². The van der Waals surface area contributed by atoms with E-state index in [1.54, 1.807) is 18.7 Å². The van der Waals surface area contributed by atoms with E-state index in [9.17, 15) is 4.79 Å². The fraction of sp³-hybridized carbons (Fsp3) is 0.133. The molecular formula is C15H16N6O. The summed E-state index contributed by atoms with van der Waals surface area (Å²) < 4.78 is 1.98. The first-order chi connectivity index (χ1) is 10.7. The van der Waals surface area contributed by atoms with Gasteiger partial charge in [0.15, 0.2) is 0 Å². The van der Waals surface area contributed by atoms with Gasteiger partial charge in [-0.3, -0.25) is 10.4 Å². The first-order valence-electron chi connectivity index (χ1n) is 6.83. The maximum absolute atomic E-state index is 11.9. The molecule has 0 saturated carbocycles. The molecule has 0 fully saturated rings. The highest BCUT2D eigenvalue weighted by Gasteiger charge is 2.06. The van der Waals surface area contributed by atoms with Gasteiger partial charge in [-0.1, -0.05) is 12.1 Å². The number of aromatic nitrogens is 4. The predicted molar refractivity (Wildman–Crippen MR) is 83.7 cm³/mol. The lowest BCUT2D eigenvalue weighted by Crippen LogP contribution is -2.20. The zero-order valence-corrected chi connectivity index (χ0v) is 12.1. The third-order valence-corrected chi connectivity index (χ3v) is 3.20. The van der Waals surface area contributed by atoms with Crippen molar-refractivity contribution >= 4 is 17.5 Å². The normalized spacial score (nSPS) is 10.4. The summed E-state index contributed by atoms with van der Waals surface area (Å²) in [6, 6.07) is 7.36. The maximum atomic E-state index is 11.9. The largest absolute Gasteiger partial charge is 0.333 e. The quantitative estimate of drug-likeness (QED) is 0.691. The monoisotopic (exact) mass is 296 g/mol. The minimum Gasteiger partial charge on any atom is -0.333 e. The Labute approximate surface area is 127 Å². The number of benzene rings is 1. The molecular weight excluding hydrogens is 280 g/mol. The maximum Gasteiger partial charge on any atom is 0.324 e. The van der Waals surface area contributed by atoms with E-state index in [-0.39, 0.29) is 6.03 Å². The lowest BCUT2D eigenvalue weighted by atomic mass is 10.2. The number of anilines is 2. The molecule has 0 atom stereocenters. The molecule has 2 aromatic heterocycles. The third kappa shape index (κ3) is 3.32. The van der Waals surface area contributed by atoms with Crippen LogP contribution >= 0.6 is 0 Å². The zero-order chi connectivity index (χ0) is 15.4. The number of nitrogens with one attached hydrogen (secondary N) is 3. The lowest BCUT2D eigenvalue weighted by Gasteiger charge is -2.08. The number of carbonyl (C=O) groups is 1. The molecule has 112 valence electrons. The Morgan fingerprint density at radius 2 is 2.09 bits per heavy atom. The molecule has 0 aliphatic carbocycles. The summed E-state index contributed by atoms with van der Waals surface area (Å²) in [5.41, 5.74) is 2.74. The Morgan fingerprint density at radius 1 is 1.27 bits per heavy atom. The standard InChI is InChI=1S/C15H16N6O/c1-11-8-17-20-14(11)19-15(22)18-13-4-2-12(3-5-13)9-21-7-6-16-10-21/h2-8,10H,9H2,1H3,(H3,17,18,19,20,22). The number of hydrogen-bond acceptors (Lipinski definition) is 3. The van der Waals surface area contributed by atoms with Crippen LogP contribution in [0, 0.1) is 6.92 Å². The van der Waals surface area contributed by atoms with Crippen LogP contribution in [0.5, 0.6) is 0 Å². The first-order valence-corrected chi connectivity index (χ1v) is 6.83. The molecule has 0 bridgehead atoms. The van der Waals surface area contributed by atoms with E-state index in [2.05, 4.69) is 25.8 Å². The van der Waals surface area contributed by atoms with Crippen molar-refractivity contribution in [3.8, 4) is 0 Å². The zero-order valence-electron chi connectivity index (χ0n) is 12.1.